The number of carbonyl (C=O) groups excluding carboxylic acids is 1. The molecule has 1 atom stereocenters. The van der Waals surface area contributed by atoms with Crippen molar-refractivity contribution in [3.05, 3.63) is 54.1 Å². The number of amides is 1. The van der Waals surface area contributed by atoms with E-state index in [0.29, 0.717) is 17.5 Å². The molecule has 1 amide bonds. The highest BCUT2D eigenvalue weighted by Gasteiger charge is 2.24. The van der Waals surface area contributed by atoms with Crippen LogP contribution in [0.1, 0.15) is 18.9 Å². The number of benzene rings is 2. The zero-order valence-corrected chi connectivity index (χ0v) is 19.9. The maximum Gasteiger partial charge on any atom is 0.237 e. The highest BCUT2D eigenvalue weighted by atomic mass is 32.2. The van der Waals surface area contributed by atoms with E-state index in [-0.39, 0.29) is 5.91 Å². The molecule has 1 aliphatic heterocycles. The number of rotatable bonds is 7. The Hall–Kier alpha value is -2.23. The number of methoxy groups -OCH3 is 1. The lowest BCUT2D eigenvalue weighted by atomic mass is 10.2. The van der Waals surface area contributed by atoms with Gasteiger partial charge in [0.1, 0.15) is 5.75 Å². The van der Waals surface area contributed by atoms with Gasteiger partial charge in [-0.25, -0.2) is 0 Å². The Morgan fingerprint density at radius 3 is 2.84 bits per heavy atom. The van der Waals surface area contributed by atoms with Crippen molar-refractivity contribution in [2.24, 2.45) is 0 Å². The molecule has 0 fully saturated rings. The number of aromatic nitrogens is 2. The maximum atomic E-state index is 13.0. The van der Waals surface area contributed by atoms with Gasteiger partial charge in [0.2, 0.25) is 11.0 Å². The second-order valence-corrected chi connectivity index (χ2v) is 10.8. The molecule has 0 spiro atoms. The van der Waals surface area contributed by atoms with Crippen LogP contribution in [0.3, 0.4) is 0 Å². The minimum atomic E-state index is 0.107. The SMILES string of the molecule is COc1ccc(CNc2nnc(SCC(=O)N3CC[C@H](C)Sc4ccccc43)s2)cc1. The molecule has 2 aromatic carbocycles. The molecule has 1 N–H and O–H groups in total. The smallest absolute Gasteiger partial charge is 0.237 e. The van der Waals surface area contributed by atoms with Crippen molar-refractivity contribution in [1.29, 1.82) is 0 Å². The Labute approximate surface area is 194 Å². The number of hydrogen-bond acceptors (Lipinski definition) is 8. The topological polar surface area (TPSA) is 67.3 Å². The van der Waals surface area contributed by atoms with Gasteiger partial charge >= 0.3 is 0 Å². The molecule has 4 rings (SSSR count). The van der Waals surface area contributed by atoms with E-state index in [1.54, 1.807) is 7.11 Å². The van der Waals surface area contributed by atoms with E-state index in [1.807, 2.05) is 59.1 Å². The Kier molecular flexibility index (Phi) is 7.37. The molecular formula is C22H24N4O2S3. The maximum absolute atomic E-state index is 13.0. The first-order chi connectivity index (χ1) is 15.1. The van der Waals surface area contributed by atoms with Crippen LogP contribution in [0.5, 0.6) is 5.75 Å². The number of carbonyl (C=O) groups is 1. The fourth-order valence-corrected chi connectivity index (χ4v) is 5.94. The molecule has 0 bridgehead atoms. The number of hydrogen-bond donors (Lipinski definition) is 1. The molecule has 3 aromatic rings. The Morgan fingerprint density at radius 1 is 1.23 bits per heavy atom. The zero-order valence-electron chi connectivity index (χ0n) is 17.4. The van der Waals surface area contributed by atoms with Gasteiger partial charge in [-0.2, -0.15) is 0 Å². The average Bonchev–Trinajstić information content (AvgIpc) is 3.18. The monoisotopic (exact) mass is 472 g/mol. The predicted molar refractivity (Wildman–Crippen MR) is 130 cm³/mol. The molecule has 0 saturated carbocycles. The van der Waals surface area contributed by atoms with Crippen LogP contribution in [0, 0.1) is 0 Å². The minimum Gasteiger partial charge on any atom is -0.497 e. The third-order valence-corrected chi connectivity index (χ3v) is 8.11. The number of nitrogens with zero attached hydrogens (tertiary/aromatic N) is 3. The first kappa shape index (κ1) is 22.0. The van der Waals surface area contributed by atoms with Gasteiger partial charge in [0.15, 0.2) is 4.34 Å². The highest BCUT2D eigenvalue weighted by molar-refractivity contribution is 8.01. The molecule has 162 valence electrons. The van der Waals surface area contributed by atoms with Gasteiger partial charge in [-0.05, 0) is 36.2 Å². The second kappa shape index (κ2) is 10.4. The molecular weight excluding hydrogens is 448 g/mol. The first-order valence-corrected chi connectivity index (χ1v) is 12.7. The van der Waals surface area contributed by atoms with Crippen molar-refractivity contribution in [2.75, 3.05) is 29.6 Å². The summed E-state index contributed by atoms with van der Waals surface area (Å²) in [6.07, 6.45) is 0.980. The fraction of sp³-hybridized carbons (Fsp3) is 0.318. The second-order valence-electron chi connectivity index (χ2n) is 7.09. The Morgan fingerprint density at radius 2 is 2.03 bits per heavy atom. The van der Waals surface area contributed by atoms with Crippen molar-refractivity contribution in [2.45, 2.75) is 34.4 Å². The summed E-state index contributed by atoms with van der Waals surface area (Å²) in [6.45, 7) is 3.61. The van der Waals surface area contributed by atoms with Gasteiger partial charge in [-0.1, -0.05) is 54.3 Å². The van der Waals surface area contributed by atoms with Crippen molar-refractivity contribution in [3.63, 3.8) is 0 Å². The van der Waals surface area contributed by atoms with E-state index in [9.17, 15) is 4.79 Å². The van der Waals surface area contributed by atoms with Gasteiger partial charge in [-0.3, -0.25) is 4.79 Å². The summed E-state index contributed by atoms with van der Waals surface area (Å²) in [5.41, 5.74) is 2.15. The number of anilines is 2. The third kappa shape index (κ3) is 5.72. The first-order valence-electron chi connectivity index (χ1n) is 10.0. The van der Waals surface area contributed by atoms with E-state index in [2.05, 4.69) is 28.5 Å². The van der Waals surface area contributed by atoms with Crippen LogP contribution in [-0.2, 0) is 11.3 Å². The van der Waals surface area contributed by atoms with E-state index in [4.69, 9.17) is 4.74 Å². The standard InChI is InChI=1S/C22H24N4O2S3/c1-15-11-12-26(18-5-3-4-6-19(18)30-15)20(27)14-29-22-25-24-21(31-22)23-13-16-7-9-17(28-2)10-8-16/h3-10,15H,11-14H2,1-2H3,(H,23,24)/t15-/m0/s1. The number of para-hydroxylation sites is 1. The molecule has 31 heavy (non-hydrogen) atoms. The number of ether oxygens (including phenoxy) is 1. The summed E-state index contributed by atoms with van der Waals surface area (Å²) >= 11 is 4.75. The summed E-state index contributed by atoms with van der Waals surface area (Å²) < 4.78 is 5.97. The van der Waals surface area contributed by atoms with Crippen molar-refractivity contribution in [1.82, 2.24) is 10.2 Å². The van der Waals surface area contributed by atoms with Crippen molar-refractivity contribution < 1.29 is 9.53 Å². The normalized spacial score (nSPS) is 15.8. The Bertz CT molecular complexity index is 1030. The molecule has 1 aliphatic rings. The van der Waals surface area contributed by atoms with Gasteiger partial charge in [0.25, 0.3) is 0 Å². The van der Waals surface area contributed by atoms with E-state index in [0.717, 1.165) is 39.4 Å². The zero-order chi connectivity index (χ0) is 21.6. The van der Waals surface area contributed by atoms with Gasteiger partial charge in [-0.15, -0.1) is 22.0 Å². The summed E-state index contributed by atoms with van der Waals surface area (Å²) in [6, 6.07) is 16.1. The van der Waals surface area contributed by atoms with Crippen molar-refractivity contribution >= 4 is 51.6 Å². The molecule has 1 aromatic heterocycles. The quantitative estimate of drug-likeness (QED) is 0.476. The molecule has 0 radical (unpaired) electrons. The number of nitrogens with one attached hydrogen (secondary N) is 1. The Balaban J connectivity index is 1.32. The number of thioether (sulfide) groups is 2. The third-order valence-electron chi connectivity index (χ3n) is 4.87. The lowest BCUT2D eigenvalue weighted by molar-refractivity contribution is -0.116. The number of fused-ring (bicyclic) bond motifs is 1. The minimum absolute atomic E-state index is 0.107. The lowest BCUT2D eigenvalue weighted by Crippen LogP contribution is -2.33. The van der Waals surface area contributed by atoms with Crippen LogP contribution in [0.25, 0.3) is 0 Å². The van der Waals surface area contributed by atoms with Crippen LogP contribution in [0.4, 0.5) is 10.8 Å². The van der Waals surface area contributed by atoms with Gasteiger partial charge < -0.3 is 15.0 Å². The van der Waals surface area contributed by atoms with Crippen LogP contribution in [-0.4, -0.2) is 40.8 Å². The van der Waals surface area contributed by atoms with Crippen LogP contribution >= 0.6 is 34.9 Å². The summed E-state index contributed by atoms with van der Waals surface area (Å²) in [5, 5.41) is 13.0. The molecule has 6 nitrogen and oxygen atoms in total. The fourth-order valence-electron chi connectivity index (χ4n) is 3.21. The average molecular weight is 473 g/mol. The molecule has 0 aliphatic carbocycles. The summed E-state index contributed by atoms with van der Waals surface area (Å²) in [7, 11) is 1.66. The molecule has 0 unspecified atom stereocenters. The molecule has 2 heterocycles. The van der Waals surface area contributed by atoms with Gasteiger partial charge in [0, 0.05) is 23.2 Å². The van der Waals surface area contributed by atoms with Crippen LogP contribution in [0.2, 0.25) is 0 Å². The lowest BCUT2D eigenvalue weighted by Gasteiger charge is -2.22. The molecule has 9 heteroatoms. The summed E-state index contributed by atoms with van der Waals surface area (Å²) in [4.78, 5) is 16.1. The van der Waals surface area contributed by atoms with E-state index in [1.165, 1.54) is 28.0 Å². The van der Waals surface area contributed by atoms with Crippen LogP contribution in [0.15, 0.2) is 57.8 Å². The summed E-state index contributed by atoms with van der Waals surface area (Å²) in [5.74, 6) is 1.29. The van der Waals surface area contributed by atoms with E-state index < -0.39 is 0 Å². The van der Waals surface area contributed by atoms with E-state index >= 15 is 0 Å². The van der Waals surface area contributed by atoms with Crippen LogP contribution < -0.4 is 15.0 Å². The predicted octanol–water partition coefficient (Wildman–Crippen LogP) is 5.17. The van der Waals surface area contributed by atoms with Gasteiger partial charge in [0.05, 0.1) is 18.6 Å². The highest BCUT2D eigenvalue weighted by Crippen LogP contribution is 2.37. The largest absolute Gasteiger partial charge is 0.497 e. The van der Waals surface area contributed by atoms with Crippen molar-refractivity contribution in [3.8, 4) is 5.75 Å². The molecule has 0 saturated heterocycles.